The summed E-state index contributed by atoms with van der Waals surface area (Å²) in [7, 11) is 0. The van der Waals surface area contributed by atoms with Crippen molar-refractivity contribution in [3.05, 3.63) is 127 Å². The number of carbonyl (C=O) groups is 2. The maximum atomic E-state index is 11.3. The molecule has 0 aliphatic rings. The second kappa shape index (κ2) is 12.4. The van der Waals surface area contributed by atoms with E-state index in [0.717, 1.165) is 39.0 Å². The van der Waals surface area contributed by atoms with Gasteiger partial charge in [0.1, 0.15) is 0 Å². The lowest BCUT2D eigenvalue weighted by Crippen LogP contribution is -2.11. The molecule has 0 spiro atoms. The molecule has 0 heterocycles. The van der Waals surface area contributed by atoms with E-state index in [1.54, 1.807) is 0 Å². The number of fused-ring (bicyclic) bond motifs is 1. The molecule has 4 aromatic rings. The van der Waals surface area contributed by atoms with Gasteiger partial charge in [0, 0.05) is 41.8 Å². The van der Waals surface area contributed by atoms with Crippen LogP contribution in [0.3, 0.4) is 0 Å². The Balaban J connectivity index is 1.63. The molecule has 186 valence electrons. The average molecular weight is 492 g/mol. The standard InChI is InChI=1S/C32H29NO4/c1-3-31(34)36-22-20-24-12-16-27(17-13-24)33(30-11-7-9-26-8-5-6-10-29(26)30)28-18-14-25(15-19-28)21-23-37-32(35)4-2/h3-19H,1-2,20-23H2. The van der Waals surface area contributed by atoms with E-state index in [9.17, 15) is 9.59 Å². The van der Waals surface area contributed by atoms with Gasteiger partial charge in [-0.25, -0.2) is 9.59 Å². The molecule has 0 N–H and O–H groups in total. The number of anilines is 3. The summed E-state index contributed by atoms with van der Waals surface area (Å²) in [6.45, 7) is 7.46. The Bertz CT molecular complexity index is 1320. The van der Waals surface area contributed by atoms with Crippen molar-refractivity contribution in [1.82, 2.24) is 0 Å². The van der Waals surface area contributed by atoms with Gasteiger partial charge in [-0.2, -0.15) is 0 Å². The highest BCUT2D eigenvalue weighted by Crippen LogP contribution is 2.38. The summed E-state index contributed by atoms with van der Waals surface area (Å²) in [5.74, 6) is -0.831. The monoisotopic (exact) mass is 491 g/mol. The zero-order chi connectivity index (χ0) is 26.0. The van der Waals surface area contributed by atoms with Crippen molar-refractivity contribution >= 4 is 39.8 Å². The van der Waals surface area contributed by atoms with Gasteiger partial charge in [0.2, 0.25) is 0 Å². The molecule has 0 aromatic heterocycles. The lowest BCUT2D eigenvalue weighted by molar-refractivity contribution is -0.138. The molecule has 0 bridgehead atoms. The van der Waals surface area contributed by atoms with Crippen molar-refractivity contribution in [3.63, 3.8) is 0 Å². The Morgan fingerprint density at radius 2 is 1.14 bits per heavy atom. The highest BCUT2D eigenvalue weighted by Gasteiger charge is 2.15. The van der Waals surface area contributed by atoms with Gasteiger partial charge in [-0.3, -0.25) is 0 Å². The number of rotatable bonds is 11. The normalized spacial score (nSPS) is 10.5. The van der Waals surface area contributed by atoms with E-state index >= 15 is 0 Å². The molecule has 5 nitrogen and oxygen atoms in total. The predicted molar refractivity (Wildman–Crippen MR) is 148 cm³/mol. The highest BCUT2D eigenvalue weighted by atomic mass is 16.5. The van der Waals surface area contributed by atoms with Crippen molar-refractivity contribution in [1.29, 1.82) is 0 Å². The topological polar surface area (TPSA) is 55.8 Å². The van der Waals surface area contributed by atoms with Crippen LogP contribution in [0.4, 0.5) is 17.1 Å². The number of benzene rings is 4. The zero-order valence-corrected chi connectivity index (χ0v) is 20.6. The fraction of sp³-hybridized carbons (Fsp3) is 0.125. The molecule has 4 rings (SSSR count). The van der Waals surface area contributed by atoms with Crippen LogP contribution in [0.5, 0.6) is 0 Å². The molecular weight excluding hydrogens is 462 g/mol. The maximum absolute atomic E-state index is 11.3. The first-order chi connectivity index (χ1) is 18.1. The van der Waals surface area contributed by atoms with Gasteiger partial charge in [-0.1, -0.05) is 73.8 Å². The highest BCUT2D eigenvalue weighted by molar-refractivity contribution is 5.98. The van der Waals surface area contributed by atoms with Crippen LogP contribution in [0.25, 0.3) is 10.8 Å². The van der Waals surface area contributed by atoms with Gasteiger partial charge in [-0.05, 0) is 46.8 Å². The summed E-state index contributed by atoms with van der Waals surface area (Å²) < 4.78 is 10.2. The summed E-state index contributed by atoms with van der Waals surface area (Å²) in [6, 6.07) is 31.1. The Kier molecular flexibility index (Phi) is 8.50. The molecule has 0 saturated carbocycles. The van der Waals surface area contributed by atoms with Crippen LogP contribution in [0, 0.1) is 0 Å². The smallest absolute Gasteiger partial charge is 0.330 e. The molecule has 5 heteroatoms. The summed E-state index contributed by atoms with van der Waals surface area (Å²) in [6.07, 6.45) is 3.59. The third-order valence-corrected chi connectivity index (χ3v) is 6.00. The van der Waals surface area contributed by atoms with Crippen LogP contribution in [0.2, 0.25) is 0 Å². The van der Waals surface area contributed by atoms with E-state index in [2.05, 4.69) is 96.9 Å². The molecule has 0 aliphatic heterocycles. The molecule has 0 unspecified atom stereocenters. The second-order valence-corrected chi connectivity index (χ2v) is 8.41. The fourth-order valence-corrected chi connectivity index (χ4v) is 4.11. The third kappa shape index (κ3) is 6.53. The van der Waals surface area contributed by atoms with E-state index in [1.165, 1.54) is 12.2 Å². The van der Waals surface area contributed by atoms with Crippen LogP contribution in [-0.4, -0.2) is 25.2 Å². The average Bonchev–Trinajstić information content (AvgIpc) is 2.94. The SMILES string of the molecule is C=CC(=O)OCCc1ccc(N(c2ccc(CCOC(=O)C=C)cc2)c2cccc3ccccc23)cc1. The van der Waals surface area contributed by atoms with Crippen LogP contribution in [0.15, 0.2) is 116 Å². The maximum Gasteiger partial charge on any atom is 0.330 e. The van der Waals surface area contributed by atoms with Gasteiger partial charge in [-0.15, -0.1) is 0 Å². The minimum Gasteiger partial charge on any atom is -0.462 e. The molecule has 4 aromatic carbocycles. The van der Waals surface area contributed by atoms with Crippen molar-refractivity contribution in [2.45, 2.75) is 12.8 Å². The van der Waals surface area contributed by atoms with E-state index in [-0.39, 0.29) is 0 Å². The lowest BCUT2D eigenvalue weighted by atomic mass is 10.0. The van der Waals surface area contributed by atoms with Crippen molar-refractivity contribution < 1.29 is 19.1 Å². The lowest BCUT2D eigenvalue weighted by Gasteiger charge is -2.27. The Morgan fingerprint density at radius 1 is 0.649 bits per heavy atom. The summed E-state index contributed by atoms with van der Waals surface area (Å²) >= 11 is 0. The summed E-state index contributed by atoms with van der Waals surface area (Å²) in [4.78, 5) is 24.9. The van der Waals surface area contributed by atoms with Crippen LogP contribution >= 0.6 is 0 Å². The quantitative estimate of drug-likeness (QED) is 0.170. The minimum absolute atomic E-state index is 0.306. The molecular formula is C32H29NO4. The van der Waals surface area contributed by atoms with Crippen molar-refractivity contribution in [2.24, 2.45) is 0 Å². The largest absolute Gasteiger partial charge is 0.462 e. The molecule has 0 amide bonds. The summed E-state index contributed by atoms with van der Waals surface area (Å²) in [5.41, 5.74) is 5.23. The second-order valence-electron chi connectivity index (χ2n) is 8.41. The number of esters is 2. The van der Waals surface area contributed by atoms with Crippen LogP contribution in [0.1, 0.15) is 11.1 Å². The minimum atomic E-state index is -0.416. The number of nitrogens with zero attached hydrogens (tertiary/aromatic N) is 1. The van der Waals surface area contributed by atoms with Gasteiger partial charge in [0.05, 0.1) is 18.9 Å². The zero-order valence-electron chi connectivity index (χ0n) is 20.6. The molecule has 0 fully saturated rings. The van der Waals surface area contributed by atoms with E-state index < -0.39 is 11.9 Å². The van der Waals surface area contributed by atoms with Crippen LogP contribution < -0.4 is 4.90 Å². The molecule has 0 aliphatic carbocycles. The predicted octanol–water partition coefficient (Wildman–Crippen LogP) is 6.85. The van der Waals surface area contributed by atoms with Crippen LogP contribution in [-0.2, 0) is 31.9 Å². The fourth-order valence-electron chi connectivity index (χ4n) is 4.11. The molecule has 0 radical (unpaired) electrons. The molecule has 0 atom stereocenters. The Morgan fingerprint density at radius 3 is 1.65 bits per heavy atom. The first kappa shape index (κ1) is 25.5. The van der Waals surface area contributed by atoms with E-state index in [1.807, 2.05) is 12.1 Å². The first-order valence-corrected chi connectivity index (χ1v) is 12.1. The van der Waals surface area contributed by atoms with Gasteiger partial charge in [0.25, 0.3) is 0 Å². The van der Waals surface area contributed by atoms with Gasteiger partial charge >= 0.3 is 11.9 Å². The van der Waals surface area contributed by atoms with E-state index in [0.29, 0.717) is 26.1 Å². The number of carbonyl (C=O) groups excluding carboxylic acids is 2. The number of hydrogen-bond acceptors (Lipinski definition) is 5. The molecule has 37 heavy (non-hydrogen) atoms. The van der Waals surface area contributed by atoms with Crippen molar-refractivity contribution in [2.75, 3.05) is 18.1 Å². The number of ether oxygens (including phenoxy) is 2. The van der Waals surface area contributed by atoms with Gasteiger partial charge < -0.3 is 14.4 Å². The first-order valence-electron chi connectivity index (χ1n) is 12.1. The molecule has 0 saturated heterocycles. The third-order valence-electron chi connectivity index (χ3n) is 6.00. The van der Waals surface area contributed by atoms with E-state index in [4.69, 9.17) is 9.47 Å². The Hall–Kier alpha value is -4.64. The van der Waals surface area contributed by atoms with Crippen molar-refractivity contribution in [3.8, 4) is 0 Å². The number of hydrogen-bond donors (Lipinski definition) is 0. The van der Waals surface area contributed by atoms with Gasteiger partial charge in [0.15, 0.2) is 0 Å². The summed E-state index contributed by atoms with van der Waals surface area (Å²) in [5, 5.41) is 2.30. The Labute approximate surface area is 217 Å².